The van der Waals surface area contributed by atoms with Crippen LogP contribution in [0.15, 0.2) is 61.3 Å². The van der Waals surface area contributed by atoms with E-state index in [-0.39, 0.29) is 17.9 Å². The third kappa shape index (κ3) is 4.06. The number of urea groups is 1. The summed E-state index contributed by atoms with van der Waals surface area (Å²) in [6, 6.07) is 10.4. The van der Waals surface area contributed by atoms with Crippen molar-refractivity contribution in [1.82, 2.24) is 24.8 Å². The van der Waals surface area contributed by atoms with Crippen LogP contribution in [0.5, 0.6) is 0 Å². The molecule has 29 heavy (non-hydrogen) atoms. The predicted octanol–water partition coefficient (Wildman–Crippen LogP) is 2.83. The van der Waals surface area contributed by atoms with Gasteiger partial charge in [0.25, 0.3) is 0 Å². The Morgan fingerprint density at radius 3 is 2.83 bits per heavy atom. The normalized spacial score (nSPS) is 16.7. The number of benzene rings is 1. The Kier molecular flexibility index (Phi) is 5.41. The van der Waals surface area contributed by atoms with E-state index in [0.29, 0.717) is 31.9 Å². The highest BCUT2D eigenvalue weighted by molar-refractivity contribution is 5.75. The molecule has 3 aromatic rings. The van der Waals surface area contributed by atoms with Crippen molar-refractivity contribution in [3.63, 3.8) is 0 Å². The smallest absolute Gasteiger partial charge is 0.318 e. The molecule has 1 unspecified atom stereocenters. The summed E-state index contributed by atoms with van der Waals surface area (Å²) >= 11 is 0. The van der Waals surface area contributed by atoms with Crippen molar-refractivity contribution < 1.29 is 9.18 Å². The minimum absolute atomic E-state index is 0.0367. The number of aromatic nitrogens is 3. The largest absolute Gasteiger partial charge is 0.365 e. The zero-order valence-electron chi connectivity index (χ0n) is 16.2. The van der Waals surface area contributed by atoms with Gasteiger partial charge in [0.2, 0.25) is 0 Å². The van der Waals surface area contributed by atoms with Gasteiger partial charge < -0.3 is 15.1 Å². The lowest BCUT2D eigenvalue weighted by Gasteiger charge is -2.41. The fourth-order valence-electron chi connectivity index (χ4n) is 3.64. The van der Waals surface area contributed by atoms with E-state index >= 15 is 0 Å². The number of carbonyl (C=O) groups excluding carboxylic acids is 1. The van der Waals surface area contributed by atoms with Gasteiger partial charge in [0, 0.05) is 56.4 Å². The molecule has 2 amide bonds. The van der Waals surface area contributed by atoms with Gasteiger partial charge in [0.15, 0.2) is 0 Å². The van der Waals surface area contributed by atoms with E-state index in [2.05, 4.69) is 15.3 Å². The quantitative estimate of drug-likeness (QED) is 0.739. The lowest BCUT2D eigenvalue weighted by Crippen LogP contribution is -2.56. The molecule has 1 aromatic carbocycles. The first kappa shape index (κ1) is 18.9. The average Bonchev–Trinajstić information content (AvgIpc) is 3.27. The van der Waals surface area contributed by atoms with E-state index in [4.69, 9.17) is 0 Å². The number of piperazine rings is 1. The molecule has 0 saturated carbocycles. The number of amides is 2. The maximum Gasteiger partial charge on any atom is 0.318 e. The number of nitrogens with zero attached hydrogens (tertiary/aromatic N) is 5. The molecule has 150 valence electrons. The van der Waals surface area contributed by atoms with Crippen LogP contribution in [0.4, 0.5) is 14.9 Å². The predicted molar refractivity (Wildman–Crippen MR) is 108 cm³/mol. The van der Waals surface area contributed by atoms with Crippen LogP contribution in [-0.2, 0) is 6.54 Å². The Balaban J connectivity index is 1.39. The molecule has 1 fully saturated rings. The summed E-state index contributed by atoms with van der Waals surface area (Å²) in [4.78, 5) is 25.0. The minimum atomic E-state index is -0.235. The second-order valence-electron chi connectivity index (χ2n) is 7.05. The van der Waals surface area contributed by atoms with E-state index in [1.165, 1.54) is 6.07 Å². The first-order valence-corrected chi connectivity index (χ1v) is 9.59. The van der Waals surface area contributed by atoms with Crippen molar-refractivity contribution in [3.05, 3.63) is 72.7 Å². The monoisotopic (exact) mass is 394 g/mol. The van der Waals surface area contributed by atoms with Crippen LogP contribution >= 0.6 is 0 Å². The molecule has 1 aliphatic rings. The number of anilines is 1. The van der Waals surface area contributed by atoms with Crippen LogP contribution in [0.25, 0.3) is 5.82 Å². The van der Waals surface area contributed by atoms with Gasteiger partial charge in [-0.05, 0) is 25.1 Å². The lowest BCUT2D eigenvalue weighted by molar-refractivity contribution is 0.171. The Labute approximate surface area is 168 Å². The highest BCUT2D eigenvalue weighted by atomic mass is 19.1. The minimum Gasteiger partial charge on any atom is -0.365 e. The maximum atomic E-state index is 14.1. The summed E-state index contributed by atoms with van der Waals surface area (Å²) < 4.78 is 15.9. The van der Waals surface area contributed by atoms with Crippen LogP contribution in [0.2, 0.25) is 0 Å². The summed E-state index contributed by atoms with van der Waals surface area (Å²) in [5.74, 6) is 0.504. The molecule has 8 heteroatoms. The highest BCUT2D eigenvalue weighted by Crippen LogP contribution is 2.22. The number of para-hydroxylation sites is 1. The summed E-state index contributed by atoms with van der Waals surface area (Å²) in [5, 5.41) is 2.99. The van der Waals surface area contributed by atoms with Crippen molar-refractivity contribution in [1.29, 1.82) is 0 Å². The van der Waals surface area contributed by atoms with Crippen LogP contribution in [0, 0.1) is 5.82 Å². The molecule has 0 radical (unpaired) electrons. The molecule has 4 rings (SSSR count). The van der Waals surface area contributed by atoms with E-state index in [0.717, 1.165) is 11.4 Å². The molecular formula is C21H23FN6O. The summed E-state index contributed by atoms with van der Waals surface area (Å²) in [5.41, 5.74) is 1.48. The molecule has 1 atom stereocenters. The summed E-state index contributed by atoms with van der Waals surface area (Å²) in [6.07, 6.45) is 6.90. The number of hydrogen-bond donors (Lipinski definition) is 1. The number of nitrogens with one attached hydrogen (secondary N) is 1. The van der Waals surface area contributed by atoms with E-state index in [1.54, 1.807) is 35.8 Å². The number of hydrogen-bond acceptors (Lipinski definition) is 4. The standard InChI is InChI=1S/C21H23FN6O/c1-16-14-26(19-7-3-2-6-18(19)22)11-12-28(16)21(29)25-13-17-5-4-8-24-20(17)27-10-9-23-15-27/h2-10,15-16H,11-14H2,1H3,(H,25,29). The topological polar surface area (TPSA) is 66.3 Å². The fourth-order valence-corrected chi connectivity index (χ4v) is 3.64. The number of imidazole rings is 1. The maximum absolute atomic E-state index is 14.1. The number of pyridine rings is 1. The molecule has 0 aliphatic carbocycles. The lowest BCUT2D eigenvalue weighted by atomic mass is 10.1. The van der Waals surface area contributed by atoms with Crippen molar-refractivity contribution in [2.75, 3.05) is 24.5 Å². The van der Waals surface area contributed by atoms with Gasteiger partial charge in [-0.25, -0.2) is 19.2 Å². The zero-order chi connectivity index (χ0) is 20.2. The summed E-state index contributed by atoms with van der Waals surface area (Å²) in [6.45, 7) is 4.05. The molecule has 0 spiro atoms. The molecule has 1 aliphatic heterocycles. The second kappa shape index (κ2) is 8.30. The van der Waals surface area contributed by atoms with Gasteiger partial charge in [-0.15, -0.1) is 0 Å². The molecule has 7 nitrogen and oxygen atoms in total. The van der Waals surface area contributed by atoms with Gasteiger partial charge in [0.1, 0.15) is 18.0 Å². The third-order valence-electron chi connectivity index (χ3n) is 5.13. The summed E-state index contributed by atoms with van der Waals surface area (Å²) in [7, 11) is 0. The van der Waals surface area contributed by atoms with Gasteiger partial charge in [0.05, 0.1) is 5.69 Å². The molecule has 3 heterocycles. The van der Waals surface area contributed by atoms with Crippen molar-refractivity contribution in [2.45, 2.75) is 19.5 Å². The Hall–Kier alpha value is -3.42. The average molecular weight is 394 g/mol. The number of halogens is 1. The Morgan fingerprint density at radius 1 is 1.21 bits per heavy atom. The van der Waals surface area contributed by atoms with Crippen LogP contribution < -0.4 is 10.2 Å². The number of carbonyl (C=O) groups is 1. The van der Waals surface area contributed by atoms with Gasteiger partial charge in [-0.1, -0.05) is 18.2 Å². The fraction of sp³-hybridized carbons (Fsp3) is 0.286. The van der Waals surface area contributed by atoms with E-state index in [9.17, 15) is 9.18 Å². The molecule has 1 saturated heterocycles. The highest BCUT2D eigenvalue weighted by Gasteiger charge is 2.28. The first-order valence-electron chi connectivity index (χ1n) is 9.59. The van der Waals surface area contributed by atoms with Crippen LogP contribution in [0.3, 0.4) is 0 Å². The SMILES string of the molecule is CC1CN(c2ccccc2F)CCN1C(=O)NCc1cccnc1-n1ccnc1. The molecule has 2 aromatic heterocycles. The third-order valence-corrected chi connectivity index (χ3v) is 5.13. The number of rotatable bonds is 4. The van der Waals surface area contributed by atoms with Crippen molar-refractivity contribution in [3.8, 4) is 5.82 Å². The molecule has 1 N–H and O–H groups in total. The zero-order valence-corrected chi connectivity index (χ0v) is 16.2. The Morgan fingerprint density at radius 2 is 2.07 bits per heavy atom. The second-order valence-corrected chi connectivity index (χ2v) is 7.05. The van der Waals surface area contributed by atoms with E-state index in [1.807, 2.05) is 40.8 Å². The Bertz CT molecular complexity index is 977. The van der Waals surface area contributed by atoms with Crippen LogP contribution in [-0.4, -0.2) is 51.1 Å². The van der Waals surface area contributed by atoms with Gasteiger partial charge in [-0.2, -0.15) is 0 Å². The van der Waals surface area contributed by atoms with E-state index < -0.39 is 0 Å². The van der Waals surface area contributed by atoms with Crippen molar-refractivity contribution in [2.24, 2.45) is 0 Å². The molecule has 0 bridgehead atoms. The first-order chi connectivity index (χ1) is 14.1. The van der Waals surface area contributed by atoms with Gasteiger partial charge in [-0.3, -0.25) is 4.57 Å². The van der Waals surface area contributed by atoms with Gasteiger partial charge >= 0.3 is 6.03 Å². The molecular weight excluding hydrogens is 371 g/mol. The van der Waals surface area contributed by atoms with Crippen molar-refractivity contribution >= 4 is 11.7 Å². The van der Waals surface area contributed by atoms with Crippen LogP contribution in [0.1, 0.15) is 12.5 Å².